The molecule has 2 rings (SSSR count). The Kier molecular flexibility index (Phi) is 5.53. The topological polar surface area (TPSA) is 41.5 Å². The van der Waals surface area contributed by atoms with Gasteiger partial charge in [-0.15, -0.1) is 0 Å². The Hall–Kier alpha value is -0.770. The maximum absolute atomic E-state index is 9.98. The van der Waals surface area contributed by atoms with Gasteiger partial charge in [0.25, 0.3) is 0 Å². The fourth-order valence-electron chi connectivity index (χ4n) is 2.56. The minimum Gasteiger partial charge on any atom is -0.491 e. The molecule has 1 aliphatic rings. The van der Waals surface area contributed by atoms with Crippen molar-refractivity contribution in [2.24, 2.45) is 11.3 Å². The third-order valence-electron chi connectivity index (χ3n) is 4.55. The van der Waals surface area contributed by atoms with Crippen LogP contribution in [0, 0.1) is 18.3 Å². The van der Waals surface area contributed by atoms with Gasteiger partial charge < -0.3 is 15.2 Å². The van der Waals surface area contributed by atoms with E-state index in [1.807, 2.05) is 25.1 Å². The van der Waals surface area contributed by atoms with Gasteiger partial charge in [0.1, 0.15) is 18.5 Å². The van der Waals surface area contributed by atoms with E-state index in [-0.39, 0.29) is 0 Å². The molecule has 1 aromatic carbocycles. The first-order chi connectivity index (χ1) is 9.93. The van der Waals surface area contributed by atoms with E-state index < -0.39 is 6.10 Å². The van der Waals surface area contributed by atoms with Gasteiger partial charge in [-0.3, -0.25) is 0 Å². The van der Waals surface area contributed by atoms with Crippen LogP contribution in [0.2, 0.25) is 5.02 Å². The van der Waals surface area contributed by atoms with E-state index in [0.29, 0.717) is 24.5 Å². The molecule has 21 heavy (non-hydrogen) atoms. The summed E-state index contributed by atoms with van der Waals surface area (Å²) in [6.45, 7) is 8.34. The molecule has 4 heteroatoms. The van der Waals surface area contributed by atoms with Crippen LogP contribution in [0.4, 0.5) is 0 Å². The highest BCUT2D eigenvalue weighted by Crippen LogP contribution is 2.51. The van der Waals surface area contributed by atoms with Crippen molar-refractivity contribution in [3.63, 3.8) is 0 Å². The van der Waals surface area contributed by atoms with Gasteiger partial charge in [0.15, 0.2) is 0 Å². The van der Waals surface area contributed by atoms with E-state index in [0.717, 1.165) is 22.9 Å². The summed E-state index contributed by atoms with van der Waals surface area (Å²) < 4.78 is 5.60. The van der Waals surface area contributed by atoms with Gasteiger partial charge >= 0.3 is 0 Å². The first kappa shape index (κ1) is 16.6. The van der Waals surface area contributed by atoms with E-state index in [2.05, 4.69) is 19.2 Å². The van der Waals surface area contributed by atoms with Gasteiger partial charge in [-0.05, 0) is 54.9 Å². The highest BCUT2D eigenvalue weighted by molar-refractivity contribution is 6.31. The zero-order chi connectivity index (χ0) is 15.5. The minimum absolute atomic E-state index is 0.294. The Bertz CT molecular complexity index is 472. The largest absolute Gasteiger partial charge is 0.491 e. The summed E-state index contributed by atoms with van der Waals surface area (Å²) in [5.74, 6) is 1.45. The molecule has 1 aliphatic carbocycles. The molecule has 1 unspecified atom stereocenters. The van der Waals surface area contributed by atoms with E-state index in [9.17, 15) is 5.11 Å². The SMILES string of the molecule is Cc1cc(OCC(O)CNCC2(C(C)C)CC2)ccc1Cl. The lowest BCUT2D eigenvalue weighted by atomic mass is 9.92. The lowest BCUT2D eigenvalue weighted by Gasteiger charge is -2.21. The summed E-state index contributed by atoms with van der Waals surface area (Å²) >= 11 is 5.97. The Morgan fingerprint density at radius 3 is 2.67 bits per heavy atom. The van der Waals surface area contributed by atoms with Crippen molar-refractivity contribution in [1.29, 1.82) is 0 Å². The monoisotopic (exact) mass is 311 g/mol. The molecule has 118 valence electrons. The molecule has 3 nitrogen and oxygen atoms in total. The smallest absolute Gasteiger partial charge is 0.119 e. The first-order valence-electron chi connectivity index (χ1n) is 7.71. The van der Waals surface area contributed by atoms with Crippen LogP contribution in [-0.2, 0) is 0 Å². The lowest BCUT2D eigenvalue weighted by molar-refractivity contribution is 0.104. The van der Waals surface area contributed by atoms with Crippen molar-refractivity contribution < 1.29 is 9.84 Å². The fourth-order valence-corrected chi connectivity index (χ4v) is 2.68. The molecule has 1 atom stereocenters. The van der Waals surface area contributed by atoms with Crippen molar-refractivity contribution in [1.82, 2.24) is 5.32 Å². The summed E-state index contributed by atoms with van der Waals surface area (Å²) in [5, 5.41) is 14.1. The number of aliphatic hydroxyl groups is 1. The fraction of sp³-hybridized carbons (Fsp3) is 0.647. The third-order valence-corrected chi connectivity index (χ3v) is 4.97. The predicted molar refractivity (Wildman–Crippen MR) is 87.1 cm³/mol. The average Bonchev–Trinajstić information content (AvgIpc) is 3.21. The molecule has 0 bridgehead atoms. The summed E-state index contributed by atoms with van der Waals surface area (Å²) in [4.78, 5) is 0. The van der Waals surface area contributed by atoms with Crippen LogP contribution < -0.4 is 10.1 Å². The van der Waals surface area contributed by atoms with Crippen molar-refractivity contribution in [2.45, 2.75) is 39.7 Å². The Morgan fingerprint density at radius 1 is 1.38 bits per heavy atom. The van der Waals surface area contributed by atoms with Crippen molar-refractivity contribution >= 4 is 11.6 Å². The summed E-state index contributed by atoms with van der Waals surface area (Å²) in [7, 11) is 0. The van der Waals surface area contributed by atoms with E-state index in [4.69, 9.17) is 16.3 Å². The molecule has 0 radical (unpaired) electrons. The van der Waals surface area contributed by atoms with Crippen LogP contribution >= 0.6 is 11.6 Å². The zero-order valence-corrected chi connectivity index (χ0v) is 13.9. The zero-order valence-electron chi connectivity index (χ0n) is 13.2. The van der Waals surface area contributed by atoms with Gasteiger partial charge in [0, 0.05) is 18.1 Å². The highest BCUT2D eigenvalue weighted by Gasteiger charge is 2.44. The van der Waals surface area contributed by atoms with Crippen LogP contribution in [0.25, 0.3) is 0 Å². The Morgan fingerprint density at radius 2 is 2.10 bits per heavy atom. The van der Waals surface area contributed by atoms with Gasteiger partial charge in [0.05, 0.1) is 0 Å². The lowest BCUT2D eigenvalue weighted by Crippen LogP contribution is -2.36. The molecule has 1 saturated carbocycles. The Balaban J connectivity index is 1.68. The number of halogens is 1. The highest BCUT2D eigenvalue weighted by atomic mass is 35.5. The number of nitrogens with one attached hydrogen (secondary N) is 1. The molecule has 0 saturated heterocycles. The summed E-state index contributed by atoms with van der Waals surface area (Å²) in [6.07, 6.45) is 2.10. The number of aryl methyl sites for hydroxylation is 1. The number of ether oxygens (including phenoxy) is 1. The van der Waals surface area contributed by atoms with E-state index in [1.54, 1.807) is 0 Å². The number of rotatable bonds is 8. The van der Waals surface area contributed by atoms with E-state index in [1.165, 1.54) is 12.8 Å². The summed E-state index contributed by atoms with van der Waals surface area (Å²) in [5.41, 5.74) is 1.45. The predicted octanol–water partition coefficient (Wildman–Crippen LogP) is 3.41. The van der Waals surface area contributed by atoms with Gasteiger partial charge in [-0.25, -0.2) is 0 Å². The van der Waals surface area contributed by atoms with Gasteiger partial charge in [-0.2, -0.15) is 0 Å². The Labute approximate surface area is 132 Å². The number of hydrogen-bond donors (Lipinski definition) is 2. The quantitative estimate of drug-likeness (QED) is 0.773. The molecular weight excluding hydrogens is 286 g/mol. The van der Waals surface area contributed by atoms with Gasteiger partial charge in [-0.1, -0.05) is 25.4 Å². The molecular formula is C17H26ClNO2. The standard InChI is InChI=1S/C17H26ClNO2/c1-12(2)17(6-7-17)11-19-9-14(20)10-21-15-4-5-16(18)13(3)8-15/h4-5,8,12,14,19-20H,6-7,9-11H2,1-3H3. The molecule has 1 fully saturated rings. The number of aliphatic hydroxyl groups excluding tert-OH is 1. The first-order valence-corrected chi connectivity index (χ1v) is 8.08. The third kappa shape index (κ3) is 4.60. The maximum atomic E-state index is 9.98. The second-order valence-electron chi connectivity index (χ2n) is 6.52. The summed E-state index contributed by atoms with van der Waals surface area (Å²) in [6, 6.07) is 5.53. The average molecular weight is 312 g/mol. The normalized spacial score (nSPS) is 17.8. The van der Waals surface area contributed by atoms with Crippen molar-refractivity contribution in [3.8, 4) is 5.75 Å². The molecule has 0 heterocycles. The van der Waals surface area contributed by atoms with E-state index >= 15 is 0 Å². The molecule has 2 N–H and O–H groups in total. The van der Waals surface area contributed by atoms with Crippen LogP contribution in [0.5, 0.6) is 5.75 Å². The van der Waals surface area contributed by atoms with Crippen molar-refractivity contribution in [2.75, 3.05) is 19.7 Å². The van der Waals surface area contributed by atoms with Crippen LogP contribution in [0.15, 0.2) is 18.2 Å². The van der Waals surface area contributed by atoms with Crippen LogP contribution in [-0.4, -0.2) is 30.9 Å². The number of hydrogen-bond acceptors (Lipinski definition) is 3. The second kappa shape index (κ2) is 6.99. The minimum atomic E-state index is -0.496. The van der Waals surface area contributed by atoms with Crippen molar-refractivity contribution in [3.05, 3.63) is 28.8 Å². The number of benzene rings is 1. The van der Waals surface area contributed by atoms with Crippen LogP contribution in [0.1, 0.15) is 32.3 Å². The maximum Gasteiger partial charge on any atom is 0.119 e. The van der Waals surface area contributed by atoms with Gasteiger partial charge in [0.2, 0.25) is 0 Å². The molecule has 1 aromatic rings. The second-order valence-corrected chi connectivity index (χ2v) is 6.93. The molecule has 0 aromatic heterocycles. The van der Waals surface area contributed by atoms with Crippen LogP contribution in [0.3, 0.4) is 0 Å². The molecule has 0 amide bonds. The molecule has 0 aliphatic heterocycles. The molecule has 0 spiro atoms.